The molecule has 0 spiro atoms. The number of benzene rings is 1. The van der Waals surface area contributed by atoms with E-state index in [-0.39, 0.29) is 30.2 Å². The molecule has 0 aliphatic rings. The summed E-state index contributed by atoms with van der Waals surface area (Å²) in [4.78, 5) is 21.9. The Labute approximate surface area is 116 Å². The molecular weight excluding hydrogens is 270 g/mol. The van der Waals surface area contributed by atoms with Gasteiger partial charge in [-0.1, -0.05) is 18.0 Å². The van der Waals surface area contributed by atoms with Gasteiger partial charge in [-0.25, -0.2) is 0 Å². The van der Waals surface area contributed by atoms with Crippen LogP contribution in [0.2, 0.25) is 5.02 Å². The average molecular weight is 286 g/mol. The average Bonchev–Trinajstić information content (AvgIpc) is 2.33. The fraction of sp³-hybridized carbons (Fsp3) is 0.385. The van der Waals surface area contributed by atoms with Gasteiger partial charge in [0.15, 0.2) is 0 Å². The first-order valence-electron chi connectivity index (χ1n) is 5.99. The van der Waals surface area contributed by atoms with E-state index < -0.39 is 5.97 Å². The van der Waals surface area contributed by atoms with Gasteiger partial charge in [-0.3, -0.25) is 9.59 Å². The predicted molar refractivity (Wildman–Crippen MR) is 72.5 cm³/mol. The number of carbonyl (C=O) groups is 2. The minimum atomic E-state index is -0.826. The summed E-state index contributed by atoms with van der Waals surface area (Å²) in [6.45, 7) is 0. The van der Waals surface area contributed by atoms with E-state index in [0.29, 0.717) is 24.3 Å². The smallest absolute Gasteiger partial charge is 0.303 e. The molecule has 0 fully saturated rings. The van der Waals surface area contributed by atoms with Crippen LogP contribution >= 0.6 is 11.6 Å². The summed E-state index contributed by atoms with van der Waals surface area (Å²) in [7, 11) is 0. The molecular formula is C13H16ClNO4. The lowest BCUT2D eigenvalue weighted by Gasteiger charge is -2.07. The molecule has 0 heterocycles. The molecule has 1 amide bonds. The number of carboxylic acids is 1. The normalized spacial score (nSPS) is 10.2. The zero-order valence-corrected chi connectivity index (χ0v) is 11.1. The third-order valence-electron chi connectivity index (χ3n) is 2.53. The topological polar surface area (TPSA) is 86.6 Å². The lowest BCUT2D eigenvalue weighted by Crippen LogP contribution is -2.11. The van der Waals surface area contributed by atoms with Crippen molar-refractivity contribution in [3.05, 3.63) is 23.2 Å². The van der Waals surface area contributed by atoms with Gasteiger partial charge < -0.3 is 15.5 Å². The van der Waals surface area contributed by atoms with Crippen LogP contribution < -0.4 is 5.32 Å². The Balaban J connectivity index is 2.31. The first-order chi connectivity index (χ1) is 8.99. The maximum atomic E-state index is 11.6. The summed E-state index contributed by atoms with van der Waals surface area (Å²) < 4.78 is 0. The highest BCUT2D eigenvalue weighted by Gasteiger charge is 2.07. The van der Waals surface area contributed by atoms with Crippen molar-refractivity contribution in [2.24, 2.45) is 0 Å². The Morgan fingerprint density at radius 1 is 1.16 bits per heavy atom. The fourth-order valence-electron chi connectivity index (χ4n) is 1.56. The highest BCUT2D eigenvalue weighted by Crippen LogP contribution is 2.26. The maximum Gasteiger partial charge on any atom is 0.303 e. The molecule has 0 aliphatic heterocycles. The summed E-state index contributed by atoms with van der Waals surface area (Å²) in [6, 6.07) is 4.41. The number of hydrogen-bond donors (Lipinski definition) is 3. The number of halogens is 1. The number of aromatic hydroxyl groups is 1. The molecule has 6 heteroatoms. The van der Waals surface area contributed by atoms with Crippen LogP contribution in [-0.4, -0.2) is 22.1 Å². The zero-order valence-electron chi connectivity index (χ0n) is 10.4. The highest BCUT2D eigenvalue weighted by molar-refractivity contribution is 6.31. The van der Waals surface area contributed by atoms with E-state index in [1.165, 1.54) is 18.2 Å². The van der Waals surface area contributed by atoms with Gasteiger partial charge in [0.25, 0.3) is 0 Å². The SMILES string of the molecule is O=C(O)CCCCCC(=O)Nc1cc(Cl)ccc1O. The lowest BCUT2D eigenvalue weighted by molar-refractivity contribution is -0.137. The van der Waals surface area contributed by atoms with Crippen molar-refractivity contribution >= 4 is 29.2 Å². The van der Waals surface area contributed by atoms with Crippen molar-refractivity contribution in [3.63, 3.8) is 0 Å². The monoisotopic (exact) mass is 285 g/mol. The second-order valence-corrected chi connectivity index (χ2v) is 4.60. The van der Waals surface area contributed by atoms with Crippen LogP contribution in [0.25, 0.3) is 0 Å². The number of amides is 1. The molecule has 104 valence electrons. The summed E-state index contributed by atoms with van der Waals surface area (Å²) in [5, 5.41) is 21.0. The quantitative estimate of drug-likeness (QED) is 0.531. The van der Waals surface area contributed by atoms with Gasteiger partial charge in [0.05, 0.1) is 5.69 Å². The molecule has 0 aliphatic carbocycles. The molecule has 0 atom stereocenters. The maximum absolute atomic E-state index is 11.6. The van der Waals surface area contributed by atoms with Crippen LogP contribution in [0, 0.1) is 0 Å². The summed E-state index contributed by atoms with van der Waals surface area (Å²) in [5.74, 6) is -1.09. The second-order valence-electron chi connectivity index (χ2n) is 4.16. The Hall–Kier alpha value is -1.75. The molecule has 1 rings (SSSR count). The van der Waals surface area contributed by atoms with Crippen molar-refractivity contribution in [2.75, 3.05) is 5.32 Å². The number of aliphatic carboxylic acids is 1. The summed E-state index contributed by atoms with van der Waals surface area (Å²) >= 11 is 5.76. The third kappa shape index (κ3) is 6.10. The first kappa shape index (κ1) is 15.3. The van der Waals surface area contributed by atoms with E-state index >= 15 is 0 Å². The van der Waals surface area contributed by atoms with E-state index in [2.05, 4.69) is 5.32 Å². The van der Waals surface area contributed by atoms with Gasteiger partial charge in [-0.05, 0) is 31.0 Å². The Morgan fingerprint density at radius 2 is 1.84 bits per heavy atom. The standard InChI is InChI=1S/C13H16ClNO4/c14-9-6-7-11(16)10(8-9)15-12(17)4-2-1-3-5-13(18)19/h6-8,16H,1-5H2,(H,15,17)(H,18,19). The van der Waals surface area contributed by atoms with Crippen LogP contribution in [0.15, 0.2) is 18.2 Å². The van der Waals surface area contributed by atoms with E-state index in [0.717, 1.165) is 0 Å². The van der Waals surface area contributed by atoms with Crippen molar-refractivity contribution < 1.29 is 19.8 Å². The molecule has 0 bridgehead atoms. The Bertz CT molecular complexity index is 462. The first-order valence-corrected chi connectivity index (χ1v) is 6.37. The van der Waals surface area contributed by atoms with E-state index in [9.17, 15) is 14.7 Å². The molecule has 0 saturated heterocycles. The van der Waals surface area contributed by atoms with Gasteiger partial charge in [0, 0.05) is 17.9 Å². The van der Waals surface area contributed by atoms with Gasteiger partial charge >= 0.3 is 5.97 Å². The van der Waals surface area contributed by atoms with Crippen molar-refractivity contribution in [1.29, 1.82) is 0 Å². The van der Waals surface area contributed by atoms with E-state index in [4.69, 9.17) is 16.7 Å². The number of nitrogens with one attached hydrogen (secondary N) is 1. The molecule has 0 saturated carbocycles. The van der Waals surface area contributed by atoms with Crippen LogP contribution in [0.4, 0.5) is 5.69 Å². The predicted octanol–water partition coefficient (Wildman–Crippen LogP) is 3.02. The molecule has 1 aromatic rings. The minimum Gasteiger partial charge on any atom is -0.506 e. The minimum absolute atomic E-state index is 0.0383. The molecule has 1 aromatic carbocycles. The van der Waals surface area contributed by atoms with E-state index in [1.54, 1.807) is 0 Å². The number of phenolic OH excluding ortho intramolecular Hbond substituents is 1. The van der Waals surface area contributed by atoms with Crippen molar-refractivity contribution in [3.8, 4) is 5.75 Å². The van der Waals surface area contributed by atoms with Crippen LogP contribution in [0.5, 0.6) is 5.75 Å². The van der Waals surface area contributed by atoms with Crippen LogP contribution in [0.3, 0.4) is 0 Å². The lowest BCUT2D eigenvalue weighted by atomic mass is 10.1. The van der Waals surface area contributed by atoms with Gasteiger partial charge in [-0.2, -0.15) is 0 Å². The number of carbonyl (C=O) groups excluding carboxylic acids is 1. The number of anilines is 1. The second kappa shape index (κ2) is 7.63. The highest BCUT2D eigenvalue weighted by atomic mass is 35.5. The van der Waals surface area contributed by atoms with Crippen LogP contribution in [-0.2, 0) is 9.59 Å². The Morgan fingerprint density at radius 3 is 2.53 bits per heavy atom. The fourth-order valence-corrected chi connectivity index (χ4v) is 1.73. The Kier molecular flexibility index (Phi) is 6.15. The number of rotatable bonds is 7. The molecule has 19 heavy (non-hydrogen) atoms. The van der Waals surface area contributed by atoms with E-state index in [1.807, 2.05) is 0 Å². The summed E-state index contributed by atoms with van der Waals surface area (Å²) in [6.07, 6.45) is 2.26. The number of hydrogen-bond acceptors (Lipinski definition) is 3. The van der Waals surface area contributed by atoms with Crippen molar-refractivity contribution in [1.82, 2.24) is 0 Å². The number of phenols is 1. The van der Waals surface area contributed by atoms with Gasteiger partial charge in [0.2, 0.25) is 5.91 Å². The van der Waals surface area contributed by atoms with Gasteiger partial charge in [-0.15, -0.1) is 0 Å². The van der Waals surface area contributed by atoms with Crippen molar-refractivity contribution in [2.45, 2.75) is 32.1 Å². The summed E-state index contributed by atoms with van der Waals surface area (Å²) in [5.41, 5.74) is 0.281. The van der Waals surface area contributed by atoms with Crippen LogP contribution in [0.1, 0.15) is 32.1 Å². The molecule has 0 aromatic heterocycles. The molecule has 5 nitrogen and oxygen atoms in total. The largest absolute Gasteiger partial charge is 0.506 e. The van der Waals surface area contributed by atoms with Gasteiger partial charge in [0.1, 0.15) is 5.75 Å². The number of carboxylic acid groups (broad SMARTS) is 1. The molecule has 0 radical (unpaired) electrons. The molecule has 0 unspecified atom stereocenters. The molecule has 3 N–H and O–H groups in total. The zero-order chi connectivity index (χ0) is 14.3. The number of unbranched alkanes of at least 4 members (excludes halogenated alkanes) is 2. The third-order valence-corrected chi connectivity index (χ3v) is 2.76.